The molecule has 20 heavy (non-hydrogen) atoms. The van der Waals surface area contributed by atoms with Crippen molar-refractivity contribution >= 4 is 6.09 Å². The van der Waals surface area contributed by atoms with Gasteiger partial charge >= 0.3 is 6.09 Å². The number of H-pyrrole nitrogens is 1. The predicted molar refractivity (Wildman–Crippen MR) is 76.3 cm³/mol. The highest BCUT2D eigenvalue weighted by Crippen LogP contribution is 2.15. The summed E-state index contributed by atoms with van der Waals surface area (Å²) in [6, 6.07) is 0.436. The van der Waals surface area contributed by atoms with E-state index in [0.29, 0.717) is 6.04 Å². The van der Waals surface area contributed by atoms with E-state index in [0.717, 1.165) is 38.2 Å². The maximum absolute atomic E-state index is 11.9. The van der Waals surface area contributed by atoms with Crippen LogP contribution in [-0.4, -0.2) is 45.7 Å². The minimum Gasteiger partial charge on any atom is -0.444 e. The number of carbonyl (C=O) groups is 1. The summed E-state index contributed by atoms with van der Waals surface area (Å²) in [4.78, 5) is 20.8. The van der Waals surface area contributed by atoms with Gasteiger partial charge in [0.15, 0.2) is 0 Å². The third kappa shape index (κ3) is 4.52. The second kappa shape index (κ2) is 6.26. The van der Waals surface area contributed by atoms with Gasteiger partial charge in [0.1, 0.15) is 5.60 Å². The van der Waals surface area contributed by atoms with Crippen molar-refractivity contribution in [3.8, 4) is 0 Å². The number of hydrogen-bond donors (Lipinski definition) is 2. The highest BCUT2D eigenvalue weighted by atomic mass is 16.6. The summed E-state index contributed by atoms with van der Waals surface area (Å²) in [5.74, 6) is 0. The molecule has 1 aromatic heterocycles. The van der Waals surface area contributed by atoms with E-state index in [4.69, 9.17) is 4.74 Å². The molecule has 2 heterocycles. The van der Waals surface area contributed by atoms with Gasteiger partial charge in [-0.05, 0) is 33.6 Å². The standard InChI is InChI=1S/C14H24N4O2/c1-14(2,3)20-13(19)18-6-4-11(5-7-18)16-9-12-8-15-10-17-12/h8,10-11,16H,4-7,9H2,1-3H3,(H,15,17). The van der Waals surface area contributed by atoms with E-state index in [1.165, 1.54) is 0 Å². The van der Waals surface area contributed by atoms with Crippen molar-refractivity contribution in [3.05, 3.63) is 18.2 Å². The fourth-order valence-corrected chi connectivity index (χ4v) is 2.23. The van der Waals surface area contributed by atoms with Gasteiger partial charge in [-0.2, -0.15) is 0 Å². The zero-order valence-corrected chi connectivity index (χ0v) is 12.5. The minimum absolute atomic E-state index is 0.205. The van der Waals surface area contributed by atoms with Gasteiger partial charge in [0, 0.05) is 31.9 Å². The molecule has 0 aliphatic carbocycles. The van der Waals surface area contributed by atoms with Gasteiger partial charge < -0.3 is 19.9 Å². The molecule has 1 aromatic rings. The van der Waals surface area contributed by atoms with Crippen molar-refractivity contribution in [3.63, 3.8) is 0 Å². The lowest BCUT2D eigenvalue weighted by Crippen LogP contribution is -2.46. The molecule has 1 aliphatic heterocycles. The summed E-state index contributed by atoms with van der Waals surface area (Å²) in [7, 11) is 0. The number of hydrogen-bond acceptors (Lipinski definition) is 4. The van der Waals surface area contributed by atoms with E-state index in [2.05, 4.69) is 15.3 Å². The number of nitrogens with zero attached hydrogens (tertiary/aromatic N) is 2. The molecule has 0 unspecified atom stereocenters. The van der Waals surface area contributed by atoms with Crippen LogP contribution in [0.3, 0.4) is 0 Å². The highest BCUT2D eigenvalue weighted by Gasteiger charge is 2.26. The molecule has 2 rings (SSSR count). The molecule has 1 aliphatic rings. The van der Waals surface area contributed by atoms with Gasteiger partial charge in [-0.25, -0.2) is 9.78 Å². The Labute approximate surface area is 119 Å². The molecule has 1 amide bonds. The molecule has 0 radical (unpaired) electrons. The number of aromatic amines is 1. The number of nitrogens with one attached hydrogen (secondary N) is 2. The summed E-state index contributed by atoms with van der Waals surface area (Å²) in [6.07, 6.45) is 5.27. The molecule has 6 heteroatoms. The summed E-state index contributed by atoms with van der Waals surface area (Å²) in [5, 5.41) is 3.47. The van der Waals surface area contributed by atoms with Crippen molar-refractivity contribution in [1.82, 2.24) is 20.2 Å². The van der Waals surface area contributed by atoms with Crippen LogP contribution in [0.1, 0.15) is 39.3 Å². The van der Waals surface area contributed by atoms with Crippen molar-refractivity contribution in [2.45, 2.75) is 51.8 Å². The number of ether oxygens (including phenoxy) is 1. The van der Waals surface area contributed by atoms with E-state index in [1.54, 1.807) is 11.2 Å². The van der Waals surface area contributed by atoms with Crippen molar-refractivity contribution < 1.29 is 9.53 Å². The smallest absolute Gasteiger partial charge is 0.410 e. The van der Waals surface area contributed by atoms with Crippen LogP contribution in [-0.2, 0) is 11.3 Å². The van der Waals surface area contributed by atoms with Crippen molar-refractivity contribution in [1.29, 1.82) is 0 Å². The SMILES string of the molecule is CC(C)(C)OC(=O)N1CCC(NCc2c[nH]cn2)CC1. The Morgan fingerprint density at radius 3 is 2.75 bits per heavy atom. The topological polar surface area (TPSA) is 70.2 Å². The molecular weight excluding hydrogens is 256 g/mol. The van der Waals surface area contributed by atoms with E-state index in [1.807, 2.05) is 27.0 Å². The van der Waals surface area contributed by atoms with E-state index >= 15 is 0 Å². The highest BCUT2D eigenvalue weighted by molar-refractivity contribution is 5.68. The van der Waals surface area contributed by atoms with Gasteiger partial charge in [-0.1, -0.05) is 0 Å². The first-order valence-electron chi connectivity index (χ1n) is 7.13. The Kier molecular flexibility index (Phi) is 4.65. The number of imidazole rings is 1. The van der Waals surface area contributed by atoms with Gasteiger partial charge in [0.25, 0.3) is 0 Å². The van der Waals surface area contributed by atoms with E-state index in [9.17, 15) is 4.79 Å². The van der Waals surface area contributed by atoms with Crippen LogP contribution in [0.4, 0.5) is 4.79 Å². The van der Waals surface area contributed by atoms with Crippen LogP contribution >= 0.6 is 0 Å². The number of amides is 1. The Bertz CT molecular complexity index is 417. The Balaban J connectivity index is 1.71. The van der Waals surface area contributed by atoms with Crippen LogP contribution in [0, 0.1) is 0 Å². The fourth-order valence-electron chi connectivity index (χ4n) is 2.23. The predicted octanol–water partition coefficient (Wildman–Crippen LogP) is 1.90. The Hall–Kier alpha value is -1.56. The molecule has 0 aromatic carbocycles. The van der Waals surface area contributed by atoms with Crippen LogP contribution in [0.25, 0.3) is 0 Å². The molecule has 1 fully saturated rings. The fraction of sp³-hybridized carbons (Fsp3) is 0.714. The third-order valence-corrected chi connectivity index (χ3v) is 3.27. The van der Waals surface area contributed by atoms with Gasteiger partial charge in [0.05, 0.1) is 12.0 Å². The van der Waals surface area contributed by atoms with E-state index < -0.39 is 5.60 Å². The van der Waals surface area contributed by atoms with Gasteiger partial charge in [0.2, 0.25) is 0 Å². The largest absolute Gasteiger partial charge is 0.444 e. The number of aromatic nitrogens is 2. The first-order valence-corrected chi connectivity index (χ1v) is 7.13. The van der Waals surface area contributed by atoms with Crippen LogP contribution in [0.5, 0.6) is 0 Å². The lowest BCUT2D eigenvalue weighted by Gasteiger charge is -2.33. The second-order valence-corrected chi connectivity index (χ2v) is 6.18. The zero-order valence-electron chi connectivity index (χ0n) is 12.5. The monoisotopic (exact) mass is 280 g/mol. The molecular formula is C14H24N4O2. The number of piperidine rings is 1. The molecule has 1 saturated heterocycles. The van der Waals surface area contributed by atoms with Gasteiger partial charge in [-0.3, -0.25) is 0 Å². The normalized spacial score (nSPS) is 17.2. The number of likely N-dealkylation sites (tertiary alicyclic amines) is 1. The number of rotatable bonds is 3. The number of carbonyl (C=O) groups excluding carboxylic acids is 1. The summed E-state index contributed by atoms with van der Waals surface area (Å²) >= 11 is 0. The summed E-state index contributed by atoms with van der Waals surface area (Å²) < 4.78 is 5.38. The molecule has 0 bridgehead atoms. The first-order chi connectivity index (χ1) is 9.44. The lowest BCUT2D eigenvalue weighted by atomic mass is 10.1. The second-order valence-electron chi connectivity index (χ2n) is 6.18. The maximum atomic E-state index is 11.9. The average Bonchev–Trinajstić information content (AvgIpc) is 2.88. The van der Waals surface area contributed by atoms with Crippen molar-refractivity contribution in [2.75, 3.05) is 13.1 Å². The Morgan fingerprint density at radius 1 is 1.50 bits per heavy atom. The lowest BCUT2D eigenvalue weighted by molar-refractivity contribution is 0.0198. The molecule has 0 atom stereocenters. The van der Waals surface area contributed by atoms with Crippen LogP contribution < -0.4 is 5.32 Å². The first kappa shape index (κ1) is 14.8. The molecule has 112 valence electrons. The summed E-state index contributed by atoms with van der Waals surface area (Å²) in [5.41, 5.74) is 0.589. The van der Waals surface area contributed by atoms with E-state index in [-0.39, 0.29) is 6.09 Å². The van der Waals surface area contributed by atoms with Crippen molar-refractivity contribution in [2.24, 2.45) is 0 Å². The average molecular weight is 280 g/mol. The van der Waals surface area contributed by atoms with Gasteiger partial charge in [-0.15, -0.1) is 0 Å². The Morgan fingerprint density at radius 2 is 2.20 bits per heavy atom. The maximum Gasteiger partial charge on any atom is 0.410 e. The third-order valence-electron chi connectivity index (χ3n) is 3.27. The summed E-state index contributed by atoms with van der Waals surface area (Å²) in [6.45, 7) is 7.93. The van der Waals surface area contributed by atoms with Crippen LogP contribution in [0.15, 0.2) is 12.5 Å². The quantitative estimate of drug-likeness (QED) is 0.887. The molecule has 0 spiro atoms. The minimum atomic E-state index is -0.424. The molecule has 0 saturated carbocycles. The molecule has 2 N–H and O–H groups in total. The zero-order chi connectivity index (χ0) is 14.6. The van der Waals surface area contributed by atoms with Crippen LogP contribution in [0.2, 0.25) is 0 Å². The molecule has 6 nitrogen and oxygen atoms in total.